The minimum atomic E-state index is 0.829. The van der Waals surface area contributed by atoms with E-state index in [1.54, 1.807) is 0 Å². The van der Waals surface area contributed by atoms with Crippen LogP contribution in [0.1, 0.15) is 31.4 Å². The molecule has 0 spiro atoms. The van der Waals surface area contributed by atoms with Crippen molar-refractivity contribution in [2.45, 2.75) is 32.2 Å². The molecule has 1 aromatic heterocycles. The van der Waals surface area contributed by atoms with E-state index in [2.05, 4.69) is 9.88 Å². The van der Waals surface area contributed by atoms with Gasteiger partial charge in [0.05, 0.1) is 5.02 Å². The van der Waals surface area contributed by atoms with Crippen LogP contribution in [0.4, 0.5) is 0 Å². The van der Waals surface area contributed by atoms with Crippen LogP contribution in [-0.4, -0.2) is 11.1 Å². The first kappa shape index (κ1) is 11.0. The second-order valence-electron chi connectivity index (χ2n) is 4.54. The van der Waals surface area contributed by atoms with Gasteiger partial charge >= 0.3 is 0 Å². The molecule has 2 nitrogen and oxygen atoms in total. The van der Waals surface area contributed by atoms with E-state index in [4.69, 9.17) is 11.6 Å². The van der Waals surface area contributed by atoms with Crippen LogP contribution in [0.2, 0.25) is 5.02 Å². The summed E-state index contributed by atoms with van der Waals surface area (Å²) in [6.45, 7) is 2.09. The molecule has 0 saturated heterocycles. The normalized spacial score (nSPS) is 17.5. The zero-order chi connectivity index (χ0) is 10.7. The lowest BCUT2D eigenvalue weighted by Crippen LogP contribution is -2.21. The third-order valence-electron chi connectivity index (χ3n) is 3.29. The van der Waals surface area contributed by atoms with Crippen molar-refractivity contribution in [2.24, 2.45) is 13.0 Å². The van der Waals surface area contributed by atoms with Crippen molar-refractivity contribution < 1.29 is 0 Å². The number of aromatic nitrogens is 1. The van der Waals surface area contributed by atoms with E-state index in [0.717, 1.165) is 24.0 Å². The molecule has 1 aliphatic rings. The van der Waals surface area contributed by atoms with Crippen LogP contribution in [0.3, 0.4) is 0 Å². The monoisotopic (exact) mass is 226 g/mol. The molecule has 15 heavy (non-hydrogen) atoms. The van der Waals surface area contributed by atoms with E-state index in [1.165, 1.54) is 31.4 Å². The van der Waals surface area contributed by atoms with Crippen molar-refractivity contribution in [2.75, 3.05) is 6.54 Å². The summed E-state index contributed by atoms with van der Waals surface area (Å²) < 4.78 is 2.09. The van der Waals surface area contributed by atoms with Gasteiger partial charge in [-0.1, -0.05) is 24.4 Å². The average molecular weight is 227 g/mol. The van der Waals surface area contributed by atoms with Gasteiger partial charge in [-0.3, -0.25) is 0 Å². The highest BCUT2D eigenvalue weighted by atomic mass is 35.5. The lowest BCUT2D eigenvalue weighted by molar-refractivity contribution is 0.484. The lowest BCUT2D eigenvalue weighted by atomic mass is 10.1. The molecule has 0 aliphatic heterocycles. The second-order valence-corrected chi connectivity index (χ2v) is 4.98. The minimum absolute atomic E-state index is 0.829. The summed E-state index contributed by atoms with van der Waals surface area (Å²) in [6, 6.07) is 2.03. The molecule has 0 bridgehead atoms. The summed E-state index contributed by atoms with van der Waals surface area (Å²) >= 11 is 5.92. The summed E-state index contributed by atoms with van der Waals surface area (Å²) in [6.07, 6.45) is 7.60. The molecule has 2 rings (SSSR count). The Bertz CT molecular complexity index is 313. The molecule has 0 amide bonds. The van der Waals surface area contributed by atoms with Gasteiger partial charge < -0.3 is 9.88 Å². The van der Waals surface area contributed by atoms with E-state index in [9.17, 15) is 0 Å². The number of halogens is 1. The molecular formula is C12H19ClN2. The zero-order valence-electron chi connectivity index (χ0n) is 9.30. The van der Waals surface area contributed by atoms with Crippen molar-refractivity contribution in [3.8, 4) is 0 Å². The lowest BCUT2D eigenvalue weighted by Gasteiger charge is -2.10. The number of nitrogens with zero attached hydrogens (tertiary/aromatic N) is 1. The first-order valence-electron chi connectivity index (χ1n) is 5.77. The van der Waals surface area contributed by atoms with Crippen molar-refractivity contribution in [1.29, 1.82) is 0 Å². The Morgan fingerprint density at radius 2 is 2.20 bits per heavy atom. The zero-order valence-corrected chi connectivity index (χ0v) is 10.1. The summed E-state index contributed by atoms with van der Waals surface area (Å²) in [5.41, 5.74) is 1.26. The molecular weight excluding hydrogens is 208 g/mol. The Morgan fingerprint density at radius 1 is 1.47 bits per heavy atom. The molecule has 0 radical (unpaired) electrons. The third-order valence-corrected chi connectivity index (χ3v) is 3.50. The SMILES string of the molecule is Cn1cc(Cl)cc1CNCC1CCCC1. The fraction of sp³-hybridized carbons (Fsp3) is 0.667. The molecule has 3 heteroatoms. The van der Waals surface area contributed by atoms with E-state index in [-0.39, 0.29) is 0 Å². The maximum absolute atomic E-state index is 5.92. The molecule has 1 aliphatic carbocycles. The van der Waals surface area contributed by atoms with E-state index in [1.807, 2.05) is 19.3 Å². The number of rotatable bonds is 4. The summed E-state index contributed by atoms with van der Waals surface area (Å²) in [7, 11) is 2.04. The molecule has 0 atom stereocenters. The van der Waals surface area contributed by atoms with Crippen LogP contribution in [0, 0.1) is 5.92 Å². The van der Waals surface area contributed by atoms with Gasteiger partial charge in [-0.05, 0) is 31.4 Å². The highest BCUT2D eigenvalue weighted by Crippen LogP contribution is 2.23. The average Bonchev–Trinajstić information content (AvgIpc) is 2.77. The molecule has 1 N–H and O–H groups in total. The van der Waals surface area contributed by atoms with Gasteiger partial charge in [0.25, 0.3) is 0 Å². The van der Waals surface area contributed by atoms with Gasteiger partial charge in [-0.15, -0.1) is 0 Å². The predicted molar refractivity (Wildman–Crippen MR) is 64.1 cm³/mol. The summed E-state index contributed by atoms with van der Waals surface area (Å²) in [5.74, 6) is 0.903. The van der Waals surface area contributed by atoms with Crippen molar-refractivity contribution in [1.82, 2.24) is 9.88 Å². The minimum Gasteiger partial charge on any atom is -0.352 e. The van der Waals surface area contributed by atoms with Crippen molar-refractivity contribution in [3.63, 3.8) is 0 Å². The van der Waals surface area contributed by atoms with Crippen LogP contribution >= 0.6 is 11.6 Å². The Morgan fingerprint density at radius 3 is 2.80 bits per heavy atom. The highest BCUT2D eigenvalue weighted by molar-refractivity contribution is 6.30. The molecule has 0 aromatic carbocycles. The largest absolute Gasteiger partial charge is 0.352 e. The maximum Gasteiger partial charge on any atom is 0.0585 e. The van der Waals surface area contributed by atoms with Crippen LogP contribution in [-0.2, 0) is 13.6 Å². The van der Waals surface area contributed by atoms with Gasteiger partial charge in [0.15, 0.2) is 0 Å². The number of hydrogen-bond donors (Lipinski definition) is 1. The van der Waals surface area contributed by atoms with Crippen LogP contribution in [0.25, 0.3) is 0 Å². The second kappa shape index (κ2) is 5.04. The topological polar surface area (TPSA) is 17.0 Å². The molecule has 1 aromatic rings. The predicted octanol–water partition coefficient (Wildman–Crippen LogP) is 2.96. The van der Waals surface area contributed by atoms with E-state index >= 15 is 0 Å². The van der Waals surface area contributed by atoms with E-state index < -0.39 is 0 Å². The van der Waals surface area contributed by atoms with Crippen molar-refractivity contribution >= 4 is 11.6 Å². The van der Waals surface area contributed by atoms with Crippen LogP contribution in [0.15, 0.2) is 12.3 Å². The van der Waals surface area contributed by atoms with Crippen molar-refractivity contribution in [3.05, 3.63) is 23.0 Å². The van der Waals surface area contributed by atoms with Crippen LogP contribution in [0.5, 0.6) is 0 Å². The fourth-order valence-electron chi connectivity index (χ4n) is 2.36. The van der Waals surface area contributed by atoms with E-state index in [0.29, 0.717) is 0 Å². The highest BCUT2D eigenvalue weighted by Gasteiger charge is 2.14. The third kappa shape index (κ3) is 2.99. The van der Waals surface area contributed by atoms with Gasteiger partial charge in [0.1, 0.15) is 0 Å². The summed E-state index contributed by atoms with van der Waals surface area (Å²) in [4.78, 5) is 0. The number of hydrogen-bond acceptors (Lipinski definition) is 1. The Labute approximate surface area is 96.6 Å². The Hall–Kier alpha value is -0.470. The Kier molecular flexibility index (Phi) is 3.71. The van der Waals surface area contributed by atoms with Gasteiger partial charge in [-0.2, -0.15) is 0 Å². The molecule has 1 saturated carbocycles. The fourth-order valence-corrected chi connectivity index (χ4v) is 2.63. The van der Waals surface area contributed by atoms with Crippen LogP contribution < -0.4 is 5.32 Å². The maximum atomic E-state index is 5.92. The number of nitrogens with one attached hydrogen (secondary N) is 1. The number of aryl methyl sites for hydroxylation is 1. The molecule has 1 heterocycles. The quantitative estimate of drug-likeness (QED) is 0.836. The van der Waals surface area contributed by atoms with Gasteiger partial charge in [0, 0.05) is 25.5 Å². The first-order chi connectivity index (χ1) is 7.25. The molecule has 84 valence electrons. The van der Waals surface area contributed by atoms with Gasteiger partial charge in [-0.25, -0.2) is 0 Å². The molecule has 1 fully saturated rings. The van der Waals surface area contributed by atoms with Gasteiger partial charge in [0.2, 0.25) is 0 Å². The Balaban J connectivity index is 1.75. The standard InChI is InChI=1S/C12H19ClN2/c1-15-9-11(13)6-12(15)8-14-7-10-4-2-3-5-10/h6,9-10,14H,2-5,7-8H2,1H3. The summed E-state index contributed by atoms with van der Waals surface area (Å²) in [5, 5.41) is 4.35. The smallest absolute Gasteiger partial charge is 0.0585 e. The first-order valence-corrected chi connectivity index (χ1v) is 6.15. The molecule has 0 unspecified atom stereocenters.